The van der Waals surface area contributed by atoms with E-state index in [9.17, 15) is 4.79 Å². The molecule has 8 heteroatoms. The third-order valence-electron chi connectivity index (χ3n) is 4.15. The number of fused-ring (bicyclic) bond motifs is 1. The molecule has 0 radical (unpaired) electrons. The highest BCUT2D eigenvalue weighted by molar-refractivity contribution is 9.10. The molecule has 0 spiro atoms. The maximum atomic E-state index is 12.7. The van der Waals surface area contributed by atoms with E-state index in [1.807, 2.05) is 45.2 Å². The van der Waals surface area contributed by atoms with Crippen LogP contribution in [0.5, 0.6) is 5.75 Å². The average molecular weight is 454 g/mol. The topological polar surface area (TPSA) is 72.8 Å². The third-order valence-corrected chi connectivity index (χ3v) is 5.33. The molecule has 1 heterocycles. The van der Waals surface area contributed by atoms with Crippen LogP contribution in [0, 0.1) is 6.92 Å². The Morgan fingerprint density at radius 3 is 2.70 bits per heavy atom. The number of oxime groups is 1. The van der Waals surface area contributed by atoms with Gasteiger partial charge < -0.3 is 14.9 Å². The first-order valence-electron chi connectivity index (χ1n) is 8.33. The first-order valence-corrected chi connectivity index (χ1v) is 10.4. The molecule has 1 amide bonds. The molecule has 1 unspecified atom stereocenters. The van der Waals surface area contributed by atoms with Crippen LogP contribution in [0.3, 0.4) is 0 Å². The number of ether oxygens (including phenoxy) is 1. The van der Waals surface area contributed by atoms with Crippen molar-refractivity contribution in [2.45, 2.75) is 38.7 Å². The van der Waals surface area contributed by atoms with Crippen LogP contribution in [0.25, 0.3) is 10.9 Å². The Morgan fingerprint density at radius 2 is 2.07 bits per heavy atom. The van der Waals surface area contributed by atoms with Gasteiger partial charge in [-0.25, -0.2) is 0 Å². The largest absolute Gasteiger partial charge is 0.470 e. The van der Waals surface area contributed by atoms with E-state index in [1.54, 1.807) is 13.1 Å². The van der Waals surface area contributed by atoms with Crippen molar-refractivity contribution in [1.82, 2.24) is 10.3 Å². The SMILES string of the molecule is CON=C(C)C(C)(C)NC(=O)C(Oc1cc(C)c2ncc(Br)cc2c1)SC. The van der Waals surface area contributed by atoms with Crippen LogP contribution in [0.15, 0.2) is 34.0 Å². The van der Waals surface area contributed by atoms with Crippen LogP contribution in [0.4, 0.5) is 0 Å². The maximum Gasteiger partial charge on any atom is 0.272 e. The van der Waals surface area contributed by atoms with Crippen LogP contribution in [0.1, 0.15) is 26.3 Å². The van der Waals surface area contributed by atoms with Crippen molar-refractivity contribution in [1.29, 1.82) is 0 Å². The highest BCUT2D eigenvalue weighted by Crippen LogP contribution is 2.27. The van der Waals surface area contributed by atoms with Gasteiger partial charge in [-0.05, 0) is 73.6 Å². The molecular formula is C19H24BrN3O3S. The molecule has 1 aromatic heterocycles. The zero-order valence-corrected chi connectivity index (χ0v) is 18.7. The normalized spacial score (nSPS) is 13.4. The fraction of sp³-hybridized carbons (Fsp3) is 0.421. The Morgan fingerprint density at radius 1 is 1.37 bits per heavy atom. The molecule has 0 saturated heterocycles. The zero-order valence-electron chi connectivity index (χ0n) is 16.3. The summed E-state index contributed by atoms with van der Waals surface area (Å²) in [6.45, 7) is 7.50. The Kier molecular flexibility index (Phi) is 7.11. The molecule has 0 bridgehead atoms. The summed E-state index contributed by atoms with van der Waals surface area (Å²) in [5, 5.41) is 7.82. The van der Waals surface area contributed by atoms with Gasteiger partial charge in [-0.2, -0.15) is 0 Å². The van der Waals surface area contributed by atoms with Crippen LogP contribution in [-0.2, 0) is 9.63 Å². The number of nitrogens with one attached hydrogen (secondary N) is 1. The second-order valence-electron chi connectivity index (χ2n) is 6.62. The number of carbonyl (C=O) groups excluding carboxylic acids is 1. The van der Waals surface area contributed by atoms with Crippen molar-refractivity contribution < 1.29 is 14.4 Å². The molecule has 2 aromatic rings. The lowest BCUT2D eigenvalue weighted by Gasteiger charge is -2.28. The van der Waals surface area contributed by atoms with Crippen LogP contribution >= 0.6 is 27.7 Å². The van der Waals surface area contributed by atoms with Crippen molar-refractivity contribution in [3.8, 4) is 5.75 Å². The number of benzene rings is 1. The summed E-state index contributed by atoms with van der Waals surface area (Å²) in [7, 11) is 1.48. The van der Waals surface area contributed by atoms with Gasteiger partial charge in [-0.3, -0.25) is 9.78 Å². The minimum atomic E-state index is -0.698. The van der Waals surface area contributed by atoms with E-state index >= 15 is 0 Å². The second kappa shape index (κ2) is 8.93. The lowest BCUT2D eigenvalue weighted by atomic mass is 10.00. The molecule has 0 aliphatic rings. The van der Waals surface area contributed by atoms with Gasteiger partial charge in [-0.1, -0.05) is 5.16 Å². The van der Waals surface area contributed by atoms with E-state index in [-0.39, 0.29) is 5.91 Å². The molecule has 1 aromatic carbocycles. The molecule has 27 heavy (non-hydrogen) atoms. The summed E-state index contributed by atoms with van der Waals surface area (Å²) in [6.07, 6.45) is 3.60. The Bertz CT molecular complexity index is 871. The molecule has 2 rings (SSSR count). The fourth-order valence-electron chi connectivity index (χ4n) is 2.48. The van der Waals surface area contributed by atoms with Crippen LogP contribution in [0.2, 0.25) is 0 Å². The van der Waals surface area contributed by atoms with E-state index in [0.717, 1.165) is 20.9 Å². The Hall–Kier alpha value is -1.80. The van der Waals surface area contributed by atoms with E-state index in [0.29, 0.717) is 11.5 Å². The molecule has 0 aliphatic carbocycles. The van der Waals surface area contributed by atoms with Gasteiger partial charge in [-0.15, -0.1) is 11.8 Å². The fourth-order valence-corrected chi connectivity index (χ4v) is 3.31. The van der Waals surface area contributed by atoms with Crippen LogP contribution < -0.4 is 10.1 Å². The Balaban J connectivity index is 2.22. The first kappa shape index (κ1) is 21.5. The summed E-state index contributed by atoms with van der Waals surface area (Å²) in [4.78, 5) is 22.0. The summed E-state index contributed by atoms with van der Waals surface area (Å²) >= 11 is 4.76. The number of amides is 1. The standard InChI is InChI=1S/C19H24BrN3O3S/c1-11-7-15(9-13-8-14(20)10-21-16(11)13)26-18(27-6)17(24)22-19(3,4)12(2)23-25-5/h7-10,18H,1-6H3,(H,22,24). The minimum absolute atomic E-state index is 0.233. The quantitative estimate of drug-likeness (QED) is 0.384. The van der Waals surface area contributed by atoms with Gasteiger partial charge in [0.15, 0.2) is 0 Å². The number of nitrogens with zero attached hydrogens (tertiary/aromatic N) is 2. The molecular weight excluding hydrogens is 430 g/mol. The van der Waals surface area contributed by atoms with Crippen molar-refractivity contribution in [2.24, 2.45) is 5.16 Å². The lowest BCUT2D eigenvalue weighted by Crippen LogP contribution is -2.52. The van der Waals surface area contributed by atoms with E-state index in [1.165, 1.54) is 18.9 Å². The predicted molar refractivity (Wildman–Crippen MR) is 114 cm³/mol. The number of carbonyl (C=O) groups is 1. The molecule has 0 saturated carbocycles. The molecule has 146 valence electrons. The van der Waals surface area contributed by atoms with E-state index in [2.05, 4.69) is 31.4 Å². The van der Waals surface area contributed by atoms with Gasteiger partial charge in [0.05, 0.1) is 16.8 Å². The van der Waals surface area contributed by atoms with E-state index < -0.39 is 11.0 Å². The van der Waals surface area contributed by atoms with Crippen molar-refractivity contribution >= 4 is 50.2 Å². The number of halogens is 1. The van der Waals surface area contributed by atoms with Gasteiger partial charge in [0.1, 0.15) is 12.9 Å². The number of pyridine rings is 1. The number of aryl methyl sites for hydroxylation is 1. The smallest absolute Gasteiger partial charge is 0.272 e. The predicted octanol–water partition coefficient (Wildman–Crippen LogP) is 4.29. The summed E-state index contributed by atoms with van der Waals surface area (Å²) in [5.41, 5.74) is 1.20. The first-order chi connectivity index (χ1) is 12.7. The van der Waals surface area contributed by atoms with Gasteiger partial charge in [0, 0.05) is 16.1 Å². The van der Waals surface area contributed by atoms with Gasteiger partial charge in [0.2, 0.25) is 5.44 Å². The average Bonchev–Trinajstić information content (AvgIpc) is 2.58. The number of aromatic nitrogens is 1. The summed E-state index contributed by atoms with van der Waals surface area (Å²) in [6, 6.07) is 5.76. The summed E-state index contributed by atoms with van der Waals surface area (Å²) in [5.74, 6) is 0.387. The number of rotatable bonds is 7. The monoisotopic (exact) mass is 453 g/mol. The highest BCUT2D eigenvalue weighted by Gasteiger charge is 2.29. The van der Waals surface area contributed by atoms with Crippen molar-refractivity contribution in [3.63, 3.8) is 0 Å². The molecule has 0 fully saturated rings. The molecule has 1 N–H and O–H groups in total. The number of hydrogen-bond acceptors (Lipinski definition) is 6. The lowest BCUT2D eigenvalue weighted by molar-refractivity contribution is -0.125. The second-order valence-corrected chi connectivity index (χ2v) is 8.44. The highest BCUT2D eigenvalue weighted by atomic mass is 79.9. The van der Waals surface area contributed by atoms with Gasteiger partial charge >= 0.3 is 0 Å². The minimum Gasteiger partial charge on any atom is -0.470 e. The van der Waals surface area contributed by atoms with E-state index in [4.69, 9.17) is 9.57 Å². The van der Waals surface area contributed by atoms with Gasteiger partial charge in [0.25, 0.3) is 5.91 Å². The van der Waals surface area contributed by atoms with Crippen molar-refractivity contribution in [2.75, 3.05) is 13.4 Å². The molecule has 6 nitrogen and oxygen atoms in total. The number of hydrogen-bond donors (Lipinski definition) is 1. The zero-order chi connectivity index (χ0) is 20.2. The number of thioether (sulfide) groups is 1. The molecule has 0 aliphatic heterocycles. The van der Waals surface area contributed by atoms with Crippen LogP contribution in [-0.4, -0.2) is 40.9 Å². The van der Waals surface area contributed by atoms with Crippen molar-refractivity contribution in [3.05, 3.63) is 34.4 Å². The Labute approximate surface area is 172 Å². The molecule has 1 atom stereocenters. The summed E-state index contributed by atoms with van der Waals surface area (Å²) < 4.78 is 6.87. The maximum absolute atomic E-state index is 12.7. The third kappa shape index (κ3) is 5.35.